The van der Waals surface area contributed by atoms with E-state index in [0.717, 1.165) is 33.8 Å². The van der Waals surface area contributed by atoms with Gasteiger partial charge in [0.25, 0.3) is 0 Å². The number of aliphatic imine (C=N–C) groups is 1. The highest BCUT2D eigenvalue weighted by molar-refractivity contribution is 6.83. The lowest BCUT2D eigenvalue weighted by Crippen LogP contribution is -2.16. The predicted octanol–water partition coefficient (Wildman–Crippen LogP) is 4.63. The number of rotatable bonds is 3. The minimum absolute atomic E-state index is 0.305. The van der Waals surface area contributed by atoms with Gasteiger partial charge in [0.2, 0.25) is 0 Å². The largest absolute Gasteiger partial charge is 0.461 e. The molecule has 1 aromatic heterocycles. The summed E-state index contributed by atoms with van der Waals surface area (Å²) in [6.45, 7) is 9.12. The SMILES string of the molecule is CCOC(=O)c1ncn2c1CN=C(c1ccccc1)c1cc(C#C[Si](C)(C)C)ccc1-2. The van der Waals surface area contributed by atoms with Crippen molar-refractivity contribution in [1.82, 2.24) is 9.55 Å². The first-order valence-electron chi connectivity index (χ1n) is 10.4. The molecule has 0 saturated heterocycles. The quantitative estimate of drug-likeness (QED) is 0.348. The molecule has 6 heteroatoms. The second kappa shape index (κ2) is 8.36. The van der Waals surface area contributed by atoms with Crippen LogP contribution in [0.2, 0.25) is 19.6 Å². The van der Waals surface area contributed by atoms with Crippen LogP contribution in [0.4, 0.5) is 0 Å². The maximum Gasteiger partial charge on any atom is 0.358 e. The Balaban J connectivity index is 1.90. The van der Waals surface area contributed by atoms with Crippen LogP contribution in [0.25, 0.3) is 5.69 Å². The molecule has 0 atom stereocenters. The van der Waals surface area contributed by atoms with Gasteiger partial charge in [0.05, 0.1) is 30.2 Å². The number of benzene rings is 2. The molecule has 0 bridgehead atoms. The van der Waals surface area contributed by atoms with Crippen molar-refractivity contribution in [1.29, 1.82) is 0 Å². The summed E-state index contributed by atoms with van der Waals surface area (Å²) >= 11 is 0. The number of ether oxygens (including phenoxy) is 1. The molecule has 31 heavy (non-hydrogen) atoms. The Bertz CT molecular complexity index is 1230. The number of carbonyl (C=O) groups excluding carboxylic acids is 1. The Morgan fingerprint density at radius 3 is 2.65 bits per heavy atom. The Morgan fingerprint density at radius 1 is 1.16 bits per heavy atom. The lowest BCUT2D eigenvalue weighted by molar-refractivity contribution is 0.0518. The molecule has 0 amide bonds. The molecule has 0 radical (unpaired) electrons. The van der Waals surface area contributed by atoms with Gasteiger partial charge in [0.15, 0.2) is 5.69 Å². The van der Waals surface area contributed by atoms with Crippen LogP contribution in [-0.2, 0) is 11.3 Å². The third-order valence-corrected chi connectivity index (χ3v) is 5.74. The molecule has 0 N–H and O–H groups in total. The van der Waals surface area contributed by atoms with Crippen LogP contribution in [0, 0.1) is 11.5 Å². The summed E-state index contributed by atoms with van der Waals surface area (Å²) in [6.07, 6.45) is 1.68. The molecule has 0 unspecified atom stereocenters. The summed E-state index contributed by atoms with van der Waals surface area (Å²) in [4.78, 5) is 21.7. The number of hydrogen-bond donors (Lipinski definition) is 0. The van der Waals surface area contributed by atoms with Gasteiger partial charge in [-0.1, -0.05) is 55.9 Å². The lowest BCUT2D eigenvalue weighted by Gasteiger charge is -2.12. The number of hydrogen-bond acceptors (Lipinski definition) is 4. The first-order chi connectivity index (χ1) is 14.9. The van der Waals surface area contributed by atoms with Gasteiger partial charge in [-0.25, -0.2) is 9.78 Å². The fraction of sp³-hybridized carbons (Fsp3) is 0.240. The van der Waals surface area contributed by atoms with Crippen LogP contribution in [-0.4, -0.2) is 35.9 Å². The van der Waals surface area contributed by atoms with Crippen LogP contribution in [0.15, 0.2) is 59.9 Å². The van der Waals surface area contributed by atoms with E-state index in [1.54, 1.807) is 13.3 Å². The van der Waals surface area contributed by atoms with E-state index in [1.165, 1.54) is 0 Å². The van der Waals surface area contributed by atoms with Crippen molar-refractivity contribution in [3.63, 3.8) is 0 Å². The van der Waals surface area contributed by atoms with Crippen LogP contribution < -0.4 is 0 Å². The van der Waals surface area contributed by atoms with Gasteiger partial charge < -0.3 is 4.74 Å². The number of fused-ring (bicyclic) bond motifs is 3. The minimum Gasteiger partial charge on any atom is -0.461 e. The molecule has 0 fully saturated rings. The highest BCUT2D eigenvalue weighted by atomic mass is 28.3. The van der Waals surface area contributed by atoms with E-state index in [-0.39, 0.29) is 0 Å². The first kappa shape index (κ1) is 20.8. The molecule has 156 valence electrons. The summed E-state index contributed by atoms with van der Waals surface area (Å²) in [6, 6.07) is 16.2. The van der Waals surface area contributed by atoms with E-state index in [9.17, 15) is 4.79 Å². The number of nitrogens with zero attached hydrogens (tertiary/aromatic N) is 3. The molecule has 1 aliphatic rings. The van der Waals surface area contributed by atoms with E-state index in [0.29, 0.717) is 18.8 Å². The number of imidazole rings is 1. The summed E-state index contributed by atoms with van der Waals surface area (Å²) < 4.78 is 7.14. The molecule has 1 aliphatic heterocycles. The molecular formula is C25H25N3O2Si. The van der Waals surface area contributed by atoms with Crippen LogP contribution in [0.1, 0.15) is 39.8 Å². The van der Waals surface area contributed by atoms with Gasteiger partial charge >= 0.3 is 5.97 Å². The summed E-state index contributed by atoms with van der Waals surface area (Å²) in [5.41, 5.74) is 9.24. The topological polar surface area (TPSA) is 56.5 Å². The minimum atomic E-state index is -1.50. The summed E-state index contributed by atoms with van der Waals surface area (Å²) in [7, 11) is -1.50. The molecule has 4 rings (SSSR count). The first-order valence-corrected chi connectivity index (χ1v) is 13.9. The molecular weight excluding hydrogens is 402 g/mol. The van der Waals surface area contributed by atoms with Gasteiger partial charge in [-0.2, -0.15) is 0 Å². The Kier molecular flexibility index (Phi) is 5.62. The molecule has 5 nitrogen and oxygen atoms in total. The smallest absolute Gasteiger partial charge is 0.358 e. The third kappa shape index (κ3) is 4.37. The monoisotopic (exact) mass is 427 g/mol. The normalized spacial score (nSPS) is 12.6. The highest BCUT2D eigenvalue weighted by Gasteiger charge is 2.25. The van der Waals surface area contributed by atoms with Crippen LogP contribution in [0.3, 0.4) is 0 Å². The number of carbonyl (C=O) groups is 1. The lowest BCUT2D eigenvalue weighted by atomic mass is 9.98. The van der Waals surface area contributed by atoms with Gasteiger partial charge in [-0.3, -0.25) is 9.56 Å². The number of aromatic nitrogens is 2. The van der Waals surface area contributed by atoms with Crippen LogP contribution in [0.5, 0.6) is 0 Å². The maximum atomic E-state index is 12.4. The van der Waals surface area contributed by atoms with E-state index in [4.69, 9.17) is 9.73 Å². The zero-order chi connectivity index (χ0) is 22.0. The molecule has 2 aromatic carbocycles. The average molecular weight is 428 g/mol. The van der Waals surface area contributed by atoms with Gasteiger partial charge in [-0.15, -0.1) is 5.54 Å². The van der Waals surface area contributed by atoms with E-state index >= 15 is 0 Å². The third-order valence-electron chi connectivity index (χ3n) is 4.86. The molecule has 3 aromatic rings. The zero-order valence-corrected chi connectivity index (χ0v) is 19.3. The second-order valence-corrected chi connectivity index (χ2v) is 13.1. The molecule has 0 spiro atoms. The van der Waals surface area contributed by atoms with Gasteiger partial charge in [-0.05, 0) is 25.1 Å². The van der Waals surface area contributed by atoms with Crippen molar-refractivity contribution >= 4 is 19.8 Å². The molecule has 2 heterocycles. The molecule has 0 saturated carbocycles. The second-order valence-electron chi connectivity index (χ2n) is 8.39. The fourth-order valence-corrected chi connectivity index (χ4v) is 3.98. The van der Waals surface area contributed by atoms with Gasteiger partial charge in [0.1, 0.15) is 14.4 Å². The fourth-order valence-electron chi connectivity index (χ4n) is 3.46. The predicted molar refractivity (Wildman–Crippen MR) is 126 cm³/mol. The summed E-state index contributed by atoms with van der Waals surface area (Å²) in [5.74, 6) is 2.93. The standard InChI is InChI=1S/C25H25N3O2Si/c1-5-30-25(29)24-22-16-26-23(19-9-7-6-8-10-19)20-15-18(13-14-31(2,3)4)11-12-21(20)28(22)17-27-24/h6-12,15,17H,5,16H2,1-4H3. The molecule has 0 aliphatic carbocycles. The zero-order valence-electron chi connectivity index (χ0n) is 18.3. The van der Waals surface area contributed by atoms with E-state index < -0.39 is 14.0 Å². The Labute approximate surface area is 183 Å². The van der Waals surface area contributed by atoms with E-state index in [2.05, 4.69) is 42.2 Å². The Hall–Kier alpha value is -3.43. The Morgan fingerprint density at radius 2 is 1.94 bits per heavy atom. The van der Waals surface area contributed by atoms with Crippen molar-refractivity contribution in [2.24, 2.45) is 4.99 Å². The summed E-state index contributed by atoms with van der Waals surface area (Å²) in [5, 5.41) is 0. The van der Waals surface area contributed by atoms with Crippen molar-refractivity contribution in [3.8, 4) is 17.2 Å². The van der Waals surface area contributed by atoms with Crippen LogP contribution >= 0.6 is 0 Å². The van der Waals surface area contributed by atoms with Crippen molar-refractivity contribution in [2.45, 2.75) is 33.1 Å². The van der Waals surface area contributed by atoms with E-state index in [1.807, 2.05) is 47.0 Å². The van der Waals surface area contributed by atoms with Crippen molar-refractivity contribution in [3.05, 3.63) is 82.9 Å². The average Bonchev–Trinajstić information content (AvgIpc) is 3.10. The maximum absolute atomic E-state index is 12.4. The van der Waals surface area contributed by atoms with Gasteiger partial charge in [0, 0.05) is 16.7 Å². The number of esters is 1. The van der Waals surface area contributed by atoms with Crippen molar-refractivity contribution < 1.29 is 9.53 Å². The van der Waals surface area contributed by atoms with Crippen molar-refractivity contribution in [2.75, 3.05) is 6.61 Å². The highest BCUT2D eigenvalue weighted by Crippen LogP contribution is 2.28.